The fourth-order valence-electron chi connectivity index (χ4n) is 1.68. The van der Waals surface area contributed by atoms with Crippen LogP contribution in [0.4, 0.5) is 0 Å². The Morgan fingerprint density at radius 2 is 1.79 bits per heavy atom. The van der Waals surface area contributed by atoms with E-state index in [1.807, 2.05) is 0 Å². The van der Waals surface area contributed by atoms with Crippen molar-refractivity contribution in [3.05, 3.63) is 46.1 Å². The van der Waals surface area contributed by atoms with Crippen molar-refractivity contribution in [2.24, 2.45) is 5.11 Å². The average molecular weight is 278 g/mol. The molecule has 9 heteroatoms. The average Bonchev–Trinajstić information content (AvgIpc) is 2.70. The van der Waals surface area contributed by atoms with Crippen molar-refractivity contribution < 1.29 is 18.0 Å². The first-order valence-electron chi connectivity index (χ1n) is 5.02. The Labute approximate surface area is 108 Å². The summed E-state index contributed by atoms with van der Waals surface area (Å²) in [5.41, 5.74) is 8.57. The van der Waals surface area contributed by atoms with Crippen molar-refractivity contribution in [3.63, 3.8) is 0 Å². The van der Waals surface area contributed by atoms with Crippen molar-refractivity contribution >= 4 is 27.0 Å². The predicted molar refractivity (Wildman–Crippen MR) is 64.8 cm³/mol. The molecule has 0 saturated heterocycles. The van der Waals surface area contributed by atoms with Crippen LogP contribution >= 0.6 is 0 Å². The molecule has 0 spiro atoms. The van der Waals surface area contributed by atoms with Gasteiger partial charge >= 0.3 is 0 Å². The van der Waals surface area contributed by atoms with Gasteiger partial charge in [0.05, 0.1) is 10.6 Å². The van der Waals surface area contributed by atoms with Crippen molar-refractivity contribution in [2.45, 2.75) is 6.42 Å². The smallest absolute Gasteiger partial charge is 0.258 e. The highest BCUT2D eigenvalue weighted by Gasteiger charge is 2.29. The van der Waals surface area contributed by atoms with E-state index in [4.69, 9.17) is 5.53 Å². The van der Waals surface area contributed by atoms with Crippen LogP contribution in [0.25, 0.3) is 10.4 Å². The largest absolute Gasteiger partial charge is 0.269 e. The predicted octanol–water partition coefficient (Wildman–Crippen LogP) is 0.445. The van der Waals surface area contributed by atoms with Gasteiger partial charge in [-0.05, 0) is 17.7 Å². The first kappa shape index (κ1) is 12.8. The second kappa shape index (κ2) is 4.92. The summed E-state index contributed by atoms with van der Waals surface area (Å²) in [7, 11) is -2.45. The lowest BCUT2D eigenvalue weighted by Crippen LogP contribution is -2.30. The van der Waals surface area contributed by atoms with E-state index in [1.54, 1.807) is 0 Å². The molecule has 1 aliphatic carbocycles. The third-order valence-electron chi connectivity index (χ3n) is 2.49. The first-order valence-corrected chi connectivity index (χ1v) is 6.09. The second-order valence-electron chi connectivity index (χ2n) is 3.58. The minimum Gasteiger partial charge on any atom is -0.269 e. The number of rotatable bonds is 2. The second-order valence-corrected chi connectivity index (χ2v) is 4.57. The Hall–Kier alpha value is -2.64. The third kappa shape index (κ3) is 2.32. The molecule has 0 bridgehead atoms. The molecule has 0 N–H and O–H groups in total. The van der Waals surface area contributed by atoms with Crippen LogP contribution in [-0.4, -0.2) is 30.0 Å². The van der Waals surface area contributed by atoms with Gasteiger partial charge in [-0.2, -0.15) is 8.42 Å². The molecule has 0 aromatic carbocycles. The van der Waals surface area contributed by atoms with E-state index in [2.05, 4.69) is 10.0 Å². The summed E-state index contributed by atoms with van der Waals surface area (Å²) in [4.78, 5) is 26.5. The number of allylic oxidation sites excluding steroid dienone is 3. The lowest BCUT2D eigenvalue weighted by molar-refractivity contribution is -0.134. The Kier molecular flexibility index (Phi) is 3.32. The zero-order chi connectivity index (χ0) is 14.0. The van der Waals surface area contributed by atoms with Crippen LogP contribution in [0.15, 0.2) is 40.8 Å². The number of imide groups is 1. The van der Waals surface area contributed by atoms with Crippen LogP contribution in [0.5, 0.6) is 0 Å². The van der Waals surface area contributed by atoms with Crippen LogP contribution in [0, 0.1) is 0 Å². The summed E-state index contributed by atoms with van der Waals surface area (Å²) in [6.45, 7) is 0. The maximum absolute atomic E-state index is 11.5. The van der Waals surface area contributed by atoms with Gasteiger partial charge in [0.1, 0.15) is 0 Å². The van der Waals surface area contributed by atoms with E-state index >= 15 is 0 Å². The van der Waals surface area contributed by atoms with Gasteiger partial charge in [-0.15, -0.1) is 0 Å². The van der Waals surface area contributed by atoms with Gasteiger partial charge in [0.2, 0.25) is 10.3 Å². The fourth-order valence-corrected chi connectivity index (χ4v) is 2.11. The summed E-state index contributed by atoms with van der Waals surface area (Å²) in [5.74, 6) is -1.14. The summed E-state index contributed by atoms with van der Waals surface area (Å²) in [6.07, 6.45) is 4.53. The normalized spacial score (nSPS) is 18.1. The molecule has 19 heavy (non-hydrogen) atoms. The van der Waals surface area contributed by atoms with Crippen molar-refractivity contribution in [2.75, 3.05) is 0 Å². The van der Waals surface area contributed by atoms with Gasteiger partial charge in [0.15, 0.2) is 0 Å². The maximum Gasteiger partial charge on any atom is 0.258 e. The molecule has 0 unspecified atom stereocenters. The van der Waals surface area contributed by atoms with Crippen molar-refractivity contribution in [1.82, 2.24) is 4.90 Å². The quantitative estimate of drug-likeness (QED) is 0.239. The Morgan fingerprint density at radius 1 is 1.16 bits per heavy atom. The number of carbonyl (C=O) groups is 2. The van der Waals surface area contributed by atoms with E-state index in [-0.39, 0.29) is 22.7 Å². The van der Waals surface area contributed by atoms with E-state index < -0.39 is 22.1 Å². The molecular weight excluding hydrogens is 272 g/mol. The molecule has 2 rings (SSSR count). The number of azide groups is 1. The van der Waals surface area contributed by atoms with Crippen LogP contribution in [-0.2, 0) is 19.9 Å². The monoisotopic (exact) mass is 278 g/mol. The molecule has 0 aromatic heterocycles. The third-order valence-corrected chi connectivity index (χ3v) is 3.20. The zero-order valence-corrected chi connectivity index (χ0v) is 10.2. The summed E-state index contributed by atoms with van der Waals surface area (Å²) < 4.78 is 21.7. The van der Waals surface area contributed by atoms with Gasteiger partial charge in [-0.25, -0.2) is 4.90 Å². The number of amides is 2. The van der Waals surface area contributed by atoms with Crippen LogP contribution in [0.1, 0.15) is 6.42 Å². The van der Waals surface area contributed by atoms with Crippen LogP contribution in [0.2, 0.25) is 0 Å². The Morgan fingerprint density at radius 3 is 2.32 bits per heavy atom. The zero-order valence-electron chi connectivity index (χ0n) is 9.35. The molecule has 0 aromatic rings. The van der Waals surface area contributed by atoms with Crippen LogP contribution < -0.4 is 0 Å². The molecule has 8 nitrogen and oxygen atoms in total. The van der Waals surface area contributed by atoms with Gasteiger partial charge in [0, 0.05) is 29.2 Å². The van der Waals surface area contributed by atoms with Crippen molar-refractivity contribution in [3.8, 4) is 0 Å². The lowest BCUT2D eigenvalue weighted by Gasteiger charge is -2.20. The molecule has 0 radical (unpaired) electrons. The highest BCUT2D eigenvalue weighted by molar-refractivity contribution is 7.73. The van der Waals surface area contributed by atoms with Gasteiger partial charge < -0.3 is 0 Å². The van der Waals surface area contributed by atoms with E-state index in [0.29, 0.717) is 0 Å². The van der Waals surface area contributed by atoms with E-state index in [0.717, 1.165) is 17.1 Å². The molecular formula is C10H6N4O4S. The molecule has 0 saturated carbocycles. The van der Waals surface area contributed by atoms with E-state index in [1.165, 1.54) is 12.2 Å². The topological polar surface area (TPSA) is 120 Å². The van der Waals surface area contributed by atoms with Gasteiger partial charge in [-0.3, -0.25) is 9.59 Å². The summed E-state index contributed by atoms with van der Waals surface area (Å²) in [5, 5.41) is 3.35. The number of nitrogens with zero attached hydrogens (tertiary/aromatic N) is 4. The molecule has 0 fully saturated rings. The molecule has 0 atom stereocenters. The molecule has 1 aliphatic heterocycles. The molecule has 2 aliphatic rings. The standard InChI is InChI=1S/C10H6N4O4S/c11-13-12-7-5-6(19(17)18)1-2-8(7)14-9(15)3-4-10(14)16/h1-4H,5H2. The lowest BCUT2D eigenvalue weighted by atomic mass is 10.1. The van der Waals surface area contributed by atoms with Crippen LogP contribution in [0.3, 0.4) is 0 Å². The fraction of sp³-hybridized carbons (Fsp3) is 0.100. The highest BCUT2D eigenvalue weighted by atomic mass is 32.2. The number of hydrogen-bond acceptors (Lipinski definition) is 5. The molecule has 1 heterocycles. The first-order chi connectivity index (χ1) is 9.04. The molecule has 2 amide bonds. The highest BCUT2D eigenvalue weighted by Crippen LogP contribution is 2.24. The molecule has 96 valence electrons. The van der Waals surface area contributed by atoms with Gasteiger partial charge in [0.25, 0.3) is 11.8 Å². The summed E-state index contributed by atoms with van der Waals surface area (Å²) >= 11 is 0. The number of hydrogen-bond donors (Lipinski definition) is 0. The summed E-state index contributed by atoms with van der Waals surface area (Å²) in [6, 6.07) is 0. The van der Waals surface area contributed by atoms with Gasteiger partial charge in [-0.1, -0.05) is 5.11 Å². The SMILES string of the molecule is [N-]=[N+]=NC1=C(N2C(=O)C=CC2=O)C=CC(=S(=O)=O)C1. The Bertz CT molecular complexity index is 724. The Balaban J connectivity index is 2.54. The maximum atomic E-state index is 11.5. The minimum atomic E-state index is -2.45. The van der Waals surface area contributed by atoms with E-state index in [9.17, 15) is 18.0 Å². The van der Waals surface area contributed by atoms with Crippen molar-refractivity contribution in [1.29, 1.82) is 0 Å². The minimum absolute atomic E-state index is 0.00889. The number of carbonyl (C=O) groups excluding carboxylic acids is 2.